The van der Waals surface area contributed by atoms with E-state index in [-0.39, 0.29) is 11.9 Å². The predicted molar refractivity (Wildman–Crippen MR) is 97.9 cm³/mol. The Kier molecular flexibility index (Phi) is 3.97. The van der Waals surface area contributed by atoms with Gasteiger partial charge in [-0.2, -0.15) is 5.10 Å². The topological polar surface area (TPSA) is 43.1 Å². The highest BCUT2D eigenvalue weighted by Crippen LogP contribution is 2.38. The fraction of sp³-hybridized carbons (Fsp3) is 0.600. The molecule has 1 amide bonds. The minimum absolute atomic E-state index is 0.198. The lowest BCUT2D eigenvalue weighted by Gasteiger charge is -2.25. The molecule has 0 radical (unpaired) electrons. The first-order chi connectivity index (χ1) is 12.0. The number of aromatic nitrogens is 3. The molecule has 2 fully saturated rings. The van der Waals surface area contributed by atoms with Crippen molar-refractivity contribution < 1.29 is 4.79 Å². The minimum atomic E-state index is 0.198. The third-order valence-corrected chi connectivity index (χ3v) is 5.75. The number of aryl methyl sites for hydroxylation is 3. The van der Waals surface area contributed by atoms with E-state index in [0.717, 1.165) is 42.9 Å². The molecular weight excluding hydrogens is 312 g/mol. The molecule has 0 bridgehead atoms. The quantitative estimate of drug-likeness (QED) is 0.854. The van der Waals surface area contributed by atoms with Gasteiger partial charge in [0.15, 0.2) is 0 Å². The Labute approximate surface area is 149 Å². The molecule has 1 saturated heterocycles. The van der Waals surface area contributed by atoms with Crippen LogP contribution in [0.4, 0.5) is 0 Å². The fourth-order valence-electron chi connectivity index (χ4n) is 4.40. The monoisotopic (exact) mass is 340 g/mol. The van der Waals surface area contributed by atoms with Crippen molar-refractivity contribution in [3.05, 3.63) is 40.5 Å². The van der Waals surface area contributed by atoms with Crippen molar-refractivity contribution in [3.63, 3.8) is 0 Å². The molecule has 1 saturated carbocycles. The van der Waals surface area contributed by atoms with E-state index in [9.17, 15) is 4.79 Å². The zero-order valence-corrected chi connectivity index (χ0v) is 15.7. The number of rotatable bonds is 4. The average molecular weight is 340 g/mol. The van der Waals surface area contributed by atoms with Crippen LogP contribution in [0.1, 0.15) is 64.9 Å². The van der Waals surface area contributed by atoms with Gasteiger partial charge in [0, 0.05) is 29.7 Å². The Bertz CT molecular complexity index is 812. The second-order valence-corrected chi connectivity index (χ2v) is 7.79. The standard InChI is InChI=1S/C20H28N4O/c1-13-10-14(2)23(21-13)12-18-6-5-9-22(18)20(25)19-11-15(3)24(16(19)4)17-7-8-17/h10-11,17-18H,5-9,12H2,1-4H3/t18-/m1/s1. The molecule has 0 N–H and O–H groups in total. The summed E-state index contributed by atoms with van der Waals surface area (Å²) in [5.41, 5.74) is 5.47. The number of amides is 1. The summed E-state index contributed by atoms with van der Waals surface area (Å²) in [5.74, 6) is 0.198. The molecule has 134 valence electrons. The number of carbonyl (C=O) groups is 1. The van der Waals surface area contributed by atoms with Gasteiger partial charge in [0.1, 0.15) is 0 Å². The molecule has 2 aromatic heterocycles. The first kappa shape index (κ1) is 16.4. The lowest BCUT2D eigenvalue weighted by molar-refractivity contribution is 0.0720. The van der Waals surface area contributed by atoms with E-state index in [0.29, 0.717) is 6.04 Å². The van der Waals surface area contributed by atoms with Crippen LogP contribution >= 0.6 is 0 Å². The lowest BCUT2D eigenvalue weighted by Crippen LogP contribution is -2.38. The average Bonchev–Trinajstić information content (AvgIpc) is 3.07. The van der Waals surface area contributed by atoms with Crippen molar-refractivity contribution in [3.8, 4) is 0 Å². The van der Waals surface area contributed by atoms with E-state index >= 15 is 0 Å². The molecule has 5 nitrogen and oxygen atoms in total. The van der Waals surface area contributed by atoms with Crippen molar-refractivity contribution in [2.45, 2.75) is 72.0 Å². The molecule has 1 aliphatic heterocycles. The zero-order valence-electron chi connectivity index (χ0n) is 15.7. The normalized spacial score (nSPS) is 20.5. The van der Waals surface area contributed by atoms with Crippen LogP contribution in [-0.2, 0) is 6.54 Å². The number of likely N-dealkylation sites (tertiary alicyclic amines) is 1. The highest BCUT2D eigenvalue weighted by Gasteiger charge is 2.34. The van der Waals surface area contributed by atoms with Gasteiger partial charge in [0.2, 0.25) is 0 Å². The van der Waals surface area contributed by atoms with Gasteiger partial charge in [-0.1, -0.05) is 0 Å². The van der Waals surface area contributed by atoms with Gasteiger partial charge >= 0.3 is 0 Å². The molecule has 1 atom stereocenters. The molecule has 2 aliphatic rings. The molecule has 4 rings (SSSR count). The lowest BCUT2D eigenvalue weighted by atomic mass is 10.1. The Morgan fingerprint density at radius 3 is 2.52 bits per heavy atom. The predicted octanol–water partition coefficient (Wildman–Crippen LogP) is 3.56. The number of carbonyl (C=O) groups excluding carboxylic acids is 1. The van der Waals surface area contributed by atoms with Crippen LogP contribution in [0.25, 0.3) is 0 Å². The zero-order chi connectivity index (χ0) is 17.7. The summed E-state index contributed by atoms with van der Waals surface area (Å²) in [6.07, 6.45) is 4.63. The smallest absolute Gasteiger partial charge is 0.255 e. The molecule has 0 unspecified atom stereocenters. The van der Waals surface area contributed by atoms with Crippen molar-refractivity contribution in [1.29, 1.82) is 0 Å². The maximum Gasteiger partial charge on any atom is 0.255 e. The first-order valence-corrected chi connectivity index (χ1v) is 9.46. The van der Waals surface area contributed by atoms with Crippen LogP contribution in [0, 0.1) is 27.7 Å². The maximum absolute atomic E-state index is 13.3. The van der Waals surface area contributed by atoms with Gasteiger partial charge in [0.25, 0.3) is 5.91 Å². The molecule has 1 aliphatic carbocycles. The Hall–Kier alpha value is -2.04. The van der Waals surface area contributed by atoms with E-state index in [1.54, 1.807) is 0 Å². The summed E-state index contributed by atoms with van der Waals surface area (Å²) in [6.45, 7) is 9.99. The summed E-state index contributed by atoms with van der Waals surface area (Å²) < 4.78 is 4.42. The van der Waals surface area contributed by atoms with Crippen LogP contribution in [0.15, 0.2) is 12.1 Å². The Morgan fingerprint density at radius 1 is 1.12 bits per heavy atom. The van der Waals surface area contributed by atoms with Gasteiger partial charge in [-0.3, -0.25) is 9.48 Å². The molecule has 2 aromatic rings. The van der Waals surface area contributed by atoms with Gasteiger partial charge in [-0.05, 0) is 65.5 Å². The molecule has 0 spiro atoms. The van der Waals surface area contributed by atoms with E-state index in [1.165, 1.54) is 24.2 Å². The van der Waals surface area contributed by atoms with E-state index in [2.05, 4.69) is 52.2 Å². The van der Waals surface area contributed by atoms with Gasteiger partial charge in [-0.25, -0.2) is 0 Å². The summed E-state index contributed by atoms with van der Waals surface area (Å²) in [5, 5.41) is 4.58. The van der Waals surface area contributed by atoms with Crippen molar-refractivity contribution >= 4 is 5.91 Å². The van der Waals surface area contributed by atoms with Crippen molar-refractivity contribution in [2.75, 3.05) is 6.54 Å². The SMILES string of the molecule is Cc1cc(C)n(C[C@H]2CCCN2C(=O)c2cc(C)n(C3CC3)c2C)n1. The molecular formula is C20H28N4O. The van der Waals surface area contributed by atoms with E-state index in [4.69, 9.17) is 0 Å². The highest BCUT2D eigenvalue weighted by atomic mass is 16.2. The van der Waals surface area contributed by atoms with Crippen LogP contribution in [-0.4, -0.2) is 37.7 Å². The number of hydrogen-bond acceptors (Lipinski definition) is 2. The van der Waals surface area contributed by atoms with Gasteiger partial charge < -0.3 is 9.47 Å². The first-order valence-electron chi connectivity index (χ1n) is 9.46. The number of nitrogens with zero attached hydrogens (tertiary/aromatic N) is 4. The van der Waals surface area contributed by atoms with Gasteiger partial charge in [0.05, 0.1) is 23.8 Å². The summed E-state index contributed by atoms with van der Waals surface area (Å²) >= 11 is 0. The third-order valence-electron chi connectivity index (χ3n) is 5.75. The van der Waals surface area contributed by atoms with Crippen molar-refractivity contribution in [2.24, 2.45) is 0 Å². The Balaban J connectivity index is 1.57. The summed E-state index contributed by atoms with van der Waals surface area (Å²) in [7, 11) is 0. The van der Waals surface area contributed by atoms with Crippen LogP contribution in [0.5, 0.6) is 0 Å². The van der Waals surface area contributed by atoms with Crippen molar-refractivity contribution in [1.82, 2.24) is 19.2 Å². The third kappa shape index (κ3) is 2.90. The number of hydrogen-bond donors (Lipinski definition) is 0. The fourth-order valence-corrected chi connectivity index (χ4v) is 4.40. The maximum atomic E-state index is 13.3. The largest absolute Gasteiger partial charge is 0.345 e. The molecule has 5 heteroatoms. The molecule has 0 aromatic carbocycles. The van der Waals surface area contributed by atoms with Crippen LogP contribution < -0.4 is 0 Å². The molecule has 25 heavy (non-hydrogen) atoms. The molecule has 3 heterocycles. The Morgan fingerprint density at radius 2 is 1.88 bits per heavy atom. The second-order valence-electron chi connectivity index (χ2n) is 7.79. The second kappa shape index (κ2) is 6.04. The van der Waals surface area contributed by atoms with Crippen LogP contribution in [0.2, 0.25) is 0 Å². The van der Waals surface area contributed by atoms with Gasteiger partial charge in [-0.15, -0.1) is 0 Å². The van der Waals surface area contributed by atoms with E-state index in [1.807, 2.05) is 6.92 Å². The van der Waals surface area contributed by atoms with Crippen LogP contribution in [0.3, 0.4) is 0 Å². The summed E-state index contributed by atoms with van der Waals surface area (Å²) in [4.78, 5) is 15.3. The summed E-state index contributed by atoms with van der Waals surface area (Å²) in [6, 6.07) is 5.05. The minimum Gasteiger partial charge on any atom is -0.345 e. The van der Waals surface area contributed by atoms with E-state index < -0.39 is 0 Å². The highest BCUT2D eigenvalue weighted by molar-refractivity contribution is 5.96.